The van der Waals surface area contributed by atoms with E-state index in [0.29, 0.717) is 12.3 Å². The standard InChI is InChI=1S/C17H21N3O3/c1-4-23-14-7-5-13(6-8-14)15-9-10-17(22)20(19-15)11-16(21)18-12(2)3/h5-10,12H,4,11H2,1-3H3,(H,18,21). The molecule has 0 aliphatic heterocycles. The predicted octanol–water partition coefficient (Wildman–Crippen LogP) is 1.83. The van der Waals surface area contributed by atoms with Gasteiger partial charge in [0.1, 0.15) is 12.3 Å². The Labute approximate surface area is 135 Å². The van der Waals surface area contributed by atoms with Crippen molar-refractivity contribution < 1.29 is 9.53 Å². The van der Waals surface area contributed by atoms with Gasteiger partial charge in [-0.05, 0) is 51.1 Å². The third-order valence-electron chi connectivity index (χ3n) is 3.07. The van der Waals surface area contributed by atoms with Gasteiger partial charge in [-0.15, -0.1) is 0 Å². The lowest BCUT2D eigenvalue weighted by atomic mass is 10.1. The average molecular weight is 315 g/mol. The van der Waals surface area contributed by atoms with E-state index in [1.165, 1.54) is 10.7 Å². The van der Waals surface area contributed by atoms with Crippen LogP contribution in [0.25, 0.3) is 11.3 Å². The Morgan fingerprint density at radius 2 is 1.91 bits per heavy atom. The highest BCUT2D eigenvalue weighted by molar-refractivity contribution is 5.75. The van der Waals surface area contributed by atoms with E-state index in [9.17, 15) is 9.59 Å². The molecule has 1 N–H and O–H groups in total. The van der Waals surface area contributed by atoms with E-state index < -0.39 is 0 Å². The molecule has 23 heavy (non-hydrogen) atoms. The molecule has 0 spiro atoms. The number of aromatic nitrogens is 2. The molecule has 0 saturated heterocycles. The van der Waals surface area contributed by atoms with Gasteiger partial charge in [-0.2, -0.15) is 5.10 Å². The fourth-order valence-electron chi connectivity index (χ4n) is 2.11. The van der Waals surface area contributed by atoms with E-state index in [1.807, 2.05) is 45.0 Å². The van der Waals surface area contributed by atoms with Crippen LogP contribution in [0, 0.1) is 0 Å². The highest BCUT2D eigenvalue weighted by atomic mass is 16.5. The summed E-state index contributed by atoms with van der Waals surface area (Å²) in [7, 11) is 0. The van der Waals surface area contributed by atoms with Gasteiger partial charge in [-0.1, -0.05) is 0 Å². The number of hydrogen-bond donors (Lipinski definition) is 1. The molecule has 1 aromatic heterocycles. The first-order chi connectivity index (χ1) is 11.0. The molecule has 6 heteroatoms. The molecule has 2 rings (SSSR count). The maximum atomic E-state index is 11.9. The average Bonchev–Trinajstić information content (AvgIpc) is 2.50. The minimum absolute atomic E-state index is 0.0208. The topological polar surface area (TPSA) is 73.2 Å². The fourth-order valence-corrected chi connectivity index (χ4v) is 2.11. The molecular formula is C17H21N3O3. The first-order valence-corrected chi connectivity index (χ1v) is 7.60. The number of carbonyl (C=O) groups is 1. The first-order valence-electron chi connectivity index (χ1n) is 7.60. The van der Waals surface area contributed by atoms with Crippen molar-refractivity contribution in [1.29, 1.82) is 0 Å². The van der Waals surface area contributed by atoms with Gasteiger partial charge in [-0.25, -0.2) is 4.68 Å². The molecule has 6 nitrogen and oxygen atoms in total. The van der Waals surface area contributed by atoms with E-state index in [1.54, 1.807) is 6.07 Å². The largest absolute Gasteiger partial charge is 0.494 e. The molecule has 122 valence electrons. The molecule has 1 aromatic carbocycles. The van der Waals surface area contributed by atoms with Crippen molar-refractivity contribution in [3.63, 3.8) is 0 Å². The molecule has 0 bridgehead atoms. The Hall–Kier alpha value is -2.63. The summed E-state index contributed by atoms with van der Waals surface area (Å²) in [5.74, 6) is 0.541. The van der Waals surface area contributed by atoms with Crippen molar-refractivity contribution in [2.45, 2.75) is 33.4 Å². The molecule has 0 fully saturated rings. The van der Waals surface area contributed by atoms with Crippen LogP contribution in [0.1, 0.15) is 20.8 Å². The SMILES string of the molecule is CCOc1ccc(-c2ccc(=O)n(CC(=O)NC(C)C)n2)cc1. The summed E-state index contributed by atoms with van der Waals surface area (Å²) in [5, 5.41) is 7.01. The normalized spacial score (nSPS) is 10.6. The van der Waals surface area contributed by atoms with E-state index in [0.717, 1.165) is 11.3 Å². The lowest BCUT2D eigenvalue weighted by Gasteiger charge is -2.10. The highest BCUT2D eigenvalue weighted by Crippen LogP contribution is 2.19. The van der Waals surface area contributed by atoms with Gasteiger partial charge in [-0.3, -0.25) is 9.59 Å². The Morgan fingerprint density at radius 1 is 1.22 bits per heavy atom. The molecule has 0 unspecified atom stereocenters. The second kappa shape index (κ2) is 7.58. The monoisotopic (exact) mass is 315 g/mol. The third kappa shape index (κ3) is 4.67. The summed E-state index contributed by atoms with van der Waals surface area (Å²) in [5.41, 5.74) is 1.18. The number of nitrogens with one attached hydrogen (secondary N) is 1. The number of amides is 1. The molecule has 2 aromatic rings. The molecule has 0 saturated carbocycles. The molecule has 0 aliphatic rings. The van der Waals surface area contributed by atoms with Gasteiger partial charge in [0.05, 0.1) is 12.3 Å². The number of nitrogens with zero attached hydrogens (tertiary/aromatic N) is 2. The fraction of sp³-hybridized carbons (Fsp3) is 0.353. The van der Waals surface area contributed by atoms with Crippen molar-refractivity contribution in [2.24, 2.45) is 0 Å². The second-order valence-corrected chi connectivity index (χ2v) is 5.39. The van der Waals surface area contributed by atoms with Crippen LogP contribution >= 0.6 is 0 Å². The number of benzene rings is 1. The van der Waals surface area contributed by atoms with E-state index in [-0.39, 0.29) is 24.1 Å². The van der Waals surface area contributed by atoms with Crippen LogP contribution in [0.2, 0.25) is 0 Å². The number of carbonyl (C=O) groups excluding carboxylic acids is 1. The molecule has 0 radical (unpaired) electrons. The lowest BCUT2D eigenvalue weighted by molar-refractivity contribution is -0.122. The quantitative estimate of drug-likeness (QED) is 0.882. The van der Waals surface area contributed by atoms with Crippen LogP contribution in [-0.2, 0) is 11.3 Å². The van der Waals surface area contributed by atoms with Crippen molar-refractivity contribution in [3.05, 3.63) is 46.8 Å². The summed E-state index contributed by atoms with van der Waals surface area (Å²) < 4.78 is 6.57. The molecule has 1 amide bonds. The second-order valence-electron chi connectivity index (χ2n) is 5.39. The number of rotatable bonds is 6. The van der Waals surface area contributed by atoms with Crippen LogP contribution in [0.5, 0.6) is 5.75 Å². The zero-order valence-electron chi connectivity index (χ0n) is 13.6. The van der Waals surface area contributed by atoms with Crippen molar-refractivity contribution in [3.8, 4) is 17.0 Å². The molecule has 0 atom stereocenters. The number of ether oxygens (including phenoxy) is 1. The van der Waals surface area contributed by atoms with E-state index in [2.05, 4.69) is 10.4 Å². The molecule has 0 aliphatic carbocycles. The smallest absolute Gasteiger partial charge is 0.267 e. The van der Waals surface area contributed by atoms with Gasteiger partial charge in [0.25, 0.3) is 5.56 Å². The Balaban J connectivity index is 2.22. The molecule has 1 heterocycles. The maximum absolute atomic E-state index is 11.9. The lowest BCUT2D eigenvalue weighted by Crippen LogP contribution is -2.36. The van der Waals surface area contributed by atoms with Gasteiger partial charge in [0.2, 0.25) is 5.91 Å². The van der Waals surface area contributed by atoms with Crippen molar-refractivity contribution >= 4 is 5.91 Å². The van der Waals surface area contributed by atoms with Gasteiger partial charge in [0, 0.05) is 17.7 Å². The minimum atomic E-state index is -0.307. The van der Waals surface area contributed by atoms with Crippen LogP contribution in [0.4, 0.5) is 0 Å². The summed E-state index contributed by atoms with van der Waals surface area (Å²) in [6, 6.07) is 10.5. The first kappa shape index (κ1) is 16.7. The summed E-state index contributed by atoms with van der Waals surface area (Å²) in [6.45, 7) is 6.16. The van der Waals surface area contributed by atoms with Crippen LogP contribution in [0.3, 0.4) is 0 Å². The Bertz CT molecular complexity index is 721. The summed E-state index contributed by atoms with van der Waals surface area (Å²) in [4.78, 5) is 23.7. The minimum Gasteiger partial charge on any atom is -0.494 e. The Kier molecular flexibility index (Phi) is 5.51. The van der Waals surface area contributed by atoms with Crippen LogP contribution in [0.15, 0.2) is 41.2 Å². The zero-order chi connectivity index (χ0) is 16.8. The van der Waals surface area contributed by atoms with Crippen LogP contribution in [-0.4, -0.2) is 28.3 Å². The maximum Gasteiger partial charge on any atom is 0.267 e. The van der Waals surface area contributed by atoms with Crippen molar-refractivity contribution in [1.82, 2.24) is 15.1 Å². The number of hydrogen-bond acceptors (Lipinski definition) is 4. The molecular weight excluding hydrogens is 294 g/mol. The van der Waals surface area contributed by atoms with Gasteiger partial charge in [0.15, 0.2) is 0 Å². The highest BCUT2D eigenvalue weighted by Gasteiger charge is 2.09. The van der Waals surface area contributed by atoms with Gasteiger partial charge >= 0.3 is 0 Å². The van der Waals surface area contributed by atoms with Crippen LogP contribution < -0.4 is 15.6 Å². The Morgan fingerprint density at radius 3 is 2.52 bits per heavy atom. The van der Waals surface area contributed by atoms with E-state index >= 15 is 0 Å². The summed E-state index contributed by atoms with van der Waals surface area (Å²) in [6.07, 6.45) is 0. The zero-order valence-corrected chi connectivity index (χ0v) is 13.6. The van der Waals surface area contributed by atoms with Gasteiger partial charge < -0.3 is 10.1 Å². The van der Waals surface area contributed by atoms with Crippen molar-refractivity contribution in [2.75, 3.05) is 6.61 Å². The third-order valence-corrected chi connectivity index (χ3v) is 3.07. The predicted molar refractivity (Wildman–Crippen MR) is 88.4 cm³/mol. The summed E-state index contributed by atoms with van der Waals surface area (Å²) >= 11 is 0. The van der Waals surface area contributed by atoms with E-state index in [4.69, 9.17) is 4.74 Å².